The largest absolute Gasteiger partial charge is 0.444 e. The monoisotopic (exact) mass is 489 g/mol. The zero-order chi connectivity index (χ0) is 25.6. The maximum Gasteiger partial charge on any atom is 0.410 e. The third-order valence-corrected chi connectivity index (χ3v) is 6.80. The van der Waals surface area contributed by atoms with Crippen molar-refractivity contribution in [2.75, 3.05) is 20.1 Å². The van der Waals surface area contributed by atoms with Gasteiger partial charge >= 0.3 is 6.09 Å². The second-order valence-electron chi connectivity index (χ2n) is 10.6. The van der Waals surface area contributed by atoms with Gasteiger partial charge in [0, 0.05) is 72.8 Å². The van der Waals surface area contributed by atoms with Crippen molar-refractivity contribution in [2.24, 2.45) is 11.8 Å². The van der Waals surface area contributed by atoms with E-state index in [1.165, 1.54) is 6.07 Å². The molecule has 3 aromatic rings. The number of amides is 3. The average molecular weight is 490 g/mol. The Morgan fingerprint density at radius 2 is 1.86 bits per heavy atom. The summed E-state index contributed by atoms with van der Waals surface area (Å²) < 4.78 is 5.46. The Morgan fingerprint density at radius 1 is 1.11 bits per heavy atom. The van der Waals surface area contributed by atoms with Crippen LogP contribution in [0.1, 0.15) is 52.9 Å². The first-order chi connectivity index (χ1) is 17.1. The van der Waals surface area contributed by atoms with Crippen LogP contribution >= 0.6 is 0 Å². The van der Waals surface area contributed by atoms with E-state index < -0.39 is 5.60 Å². The molecule has 1 unspecified atom stereocenters. The van der Waals surface area contributed by atoms with Gasteiger partial charge in [-0.25, -0.2) is 9.78 Å². The van der Waals surface area contributed by atoms with Crippen molar-refractivity contribution in [1.82, 2.24) is 25.5 Å². The molecular formula is C27H31N5O4. The summed E-state index contributed by atoms with van der Waals surface area (Å²) in [5, 5.41) is 6.77. The van der Waals surface area contributed by atoms with Gasteiger partial charge < -0.3 is 25.3 Å². The van der Waals surface area contributed by atoms with Gasteiger partial charge in [-0.2, -0.15) is 0 Å². The number of hydrogen-bond acceptors (Lipinski definition) is 5. The number of hydrogen-bond donors (Lipinski definition) is 3. The first kappa shape index (κ1) is 23.8. The lowest BCUT2D eigenvalue weighted by molar-refractivity contribution is 0.0269. The summed E-state index contributed by atoms with van der Waals surface area (Å²) in [6.45, 7) is 6.67. The number of nitrogens with zero attached hydrogens (tertiary/aromatic N) is 2. The molecule has 3 atom stereocenters. The summed E-state index contributed by atoms with van der Waals surface area (Å²) in [7, 11) is 1.54. The summed E-state index contributed by atoms with van der Waals surface area (Å²) in [6, 6.07) is 11.3. The summed E-state index contributed by atoms with van der Waals surface area (Å²) in [4.78, 5) is 47.3. The van der Waals surface area contributed by atoms with E-state index >= 15 is 0 Å². The Bertz CT molecular complexity index is 1330. The van der Waals surface area contributed by atoms with Crippen LogP contribution in [0, 0.1) is 11.8 Å². The first-order valence-electron chi connectivity index (χ1n) is 12.2. The lowest BCUT2D eigenvalue weighted by atomic mass is 10.0. The van der Waals surface area contributed by atoms with Crippen molar-refractivity contribution in [3.05, 3.63) is 65.1 Å². The highest BCUT2D eigenvalue weighted by atomic mass is 16.6. The number of pyridine rings is 1. The van der Waals surface area contributed by atoms with Crippen molar-refractivity contribution in [1.29, 1.82) is 0 Å². The quantitative estimate of drug-likeness (QED) is 0.509. The van der Waals surface area contributed by atoms with E-state index in [0.29, 0.717) is 30.8 Å². The molecule has 0 spiro atoms. The summed E-state index contributed by atoms with van der Waals surface area (Å²) in [5.41, 5.74) is 2.78. The zero-order valence-corrected chi connectivity index (χ0v) is 20.9. The van der Waals surface area contributed by atoms with Crippen LogP contribution in [0.2, 0.25) is 0 Å². The molecule has 1 aliphatic carbocycles. The number of nitrogens with one attached hydrogen (secondary N) is 3. The van der Waals surface area contributed by atoms with Gasteiger partial charge in [0.1, 0.15) is 11.3 Å². The fourth-order valence-electron chi connectivity index (χ4n) is 5.00. The molecule has 9 heteroatoms. The van der Waals surface area contributed by atoms with Crippen LogP contribution in [0.25, 0.3) is 10.9 Å². The fourth-order valence-corrected chi connectivity index (χ4v) is 5.00. The van der Waals surface area contributed by atoms with Crippen molar-refractivity contribution in [3.8, 4) is 0 Å². The number of ether oxygens (including phenoxy) is 1. The Balaban J connectivity index is 1.29. The standard InChI is InChI=1S/C27H31N5O4/c1-27(2,3)36-26(35)32-13-19-20(14-32)23(19)31-24(33)16-11-17(30-22(12-16)25(34)28-4)10-15-6-5-7-21-18(15)8-9-29-21/h5-9,11-12,19-20,23,29H,10,13-14H2,1-4H3,(H,28,34)(H,31,33)/t19-,20+,23?. The van der Waals surface area contributed by atoms with Crippen LogP contribution in [-0.4, -0.2) is 64.6 Å². The van der Waals surface area contributed by atoms with E-state index in [2.05, 4.69) is 20.6 Å². The van der Waals surface area contributed by atoms with Gasteiger partial charge in [-0.1, -0.05) is 12.1 Å². The molecule has 2 aliphatic rings. The Labute approximate surface area is 209 Å². The highest BCUT2D eigenvalue weighted by molar-refractivity contribution is 5.99. The van der Waals surface area contributed by atoms with E-state index in [9.17, 15) is 14.4 Å². The van der Waals surface area contributed by atoms with Gasteiger partial charge in [0.25, 0.3) is 11.8 Å². The lowest BCUT2D eigenvalue weighted by Crippen LogP contribution is -2.40. The van der Waals surface area contributed by atoms with Gasteiger partial charge in [0.2, 0.25) is 0 Å². The molecule has 36 heavy (non-hydrogen) atoms. The molecule has 1 aliphatic heterocycles. The number of piperidine rings is 1. The summed E-state index contributed by atoms with van der Waals surface area (Å²) >= 11 is 0. The van der Waals surface area contributed by atoms with Gasteiger partial charge in [-0.15, -0.1) is 0 Å². The number of fused-ring (bicyclic) bond motifs is 2. The highest BCUT2D eigenvalue weighted by Crippen LogP contribution is 2.46. The number of rotatable bonds is 5. The minimum Gasteiger partial charge on any atom is -0.444 e. The lowest BCUT2D eigenvalue weighted by Gasteiger charge is -2.26. The molecule has 3 heterocycles. The molecule has 0 radical (unpaired) electrons. The minimum absolute atomic E-state index is 0.00450. The van der Waals surface area contributed by atoms with E-state index in [1.54, 1.807) is 18.0 Å². The molecule has 5 rings (SSSR count). The number of likely N-dealkylation sites (tertiary alicyclic amines) is 1. The smallest absolute Gasteiger partial charge is 0.410 e. The topological polar surface area (TPSA) is 116 Å². The molecule has 3 amide bonds. The zero-order valence-electron chi connectivity index (χ0n) is 20.9. The number of carbonyl (C=O) groups excluding carboxylic acids is 3. The molecule has 1 aromatic carbocycles. The van der Waals surface area contributed by atoms with Crippen LogP contribution in [0.3, 0.4) is 0 Å². The van der Waals surface area contributed by atoms with E-state index in [-0.39, 0.29) is 41.5 Å². The molecule has 2 aromatic heterocycles. The maximum absolute atomic E-state index is 13.2. The fraction of sp³-hybridized carbons (Fsp3) is 0.407. The van der Waals surface area contributed by atoms with Crippen molar-refractivity contribution < 1.29 is 19.1 Å². The summed E-state index contributed by atoms with van der Waals surface area (Å²) in [6.07, 6.45) is 2.06. The van der Waals surface area contributed by atoms with Gasteiger partial charge in [0.05, 0.1) is 0 Å². The van der Waals surface area contributed by atoms with Gasteiger partial charge in [-0.05, 0) is 50.6 Å². The third kappa shape index (κ3) is 4.78. The van der Waals surface area contributed by atoms with E-state index in [1.807, 2.05) is 51.2 Å². The van der Waals surface area contributed by atoms with Crippen LogP contribution in [0.15, 0.2) is 42.6 Å². The van der Waals surface area contributed by atoms with Crippen molar-refractivity contribution >= 4 is 28.8 Å². The Morgan fingerprint density at radius 3 is 2.56 bits per heavy atom. The summed E-state index contributed by atoms with van der Waals surface area (Å²) in [5.74, 6) is -0.159. The molecule has 188 valence electrons. The number of aromatic amines is 1. The second kappa shape index (κ2) is 8.96. The maximum atomic E-state index is 13.2. The molecule has 0 bridgehead atoms. The van der Waals surface area contributed by atoms with Gasteiger partial charge in [-0.3, -0.25) is 9.59 Å². The van der Waals surface area contributed by atoms with E-state index in [0.717, 1.165) is 16.5 Å². The SMILES string of the molecule is CNC(=O)c1cc(C(=O)NC2[C@H]3CN(C(=O)OC(C)(C)C)C[C@@H]23)cc(Cc2cccc3[nH]ccc23)n1. The van der Waals surface area contributed by atoms with E-state index in [4.69, 9.17) is 4.74 Å². The second-order valence-corrected chi connectivity index (χ2v) is 10.6. The molecule has 3 N–H and O–H groups in total. The molecular weight excluding hydrogens is 458 g/mol. The molecule has 1 saturated carbocycles. The number of H-pyrrole nitrogens is 1. The predicted molar refractivity (Wildman–Crippen MR) is 135 cm³/mol. The number of aromatic nitrogens is 2. The number of carbonyl (C=O) groups is 3. The van der Waals surface area contributed by atoms with Gasteiger partial charge in [0.15, 0.2) is 0 Å². The van der Waals surface area contributed by atoms with Crippen LogP contribution in [0.5, 0.6) is 0 Å². The van der Waals surface area contributed by atoms with Crippen molar-refractivity contribution in [2.45, 2.75) is 38.8 Å². The normalized spacial score (nSPS) is 20.7. The van der Waals surface area contributed by atoms with Crippen LogP contribution in [0.4, 0.5) is 4.79 Å². The van der Waals surface area contributed by atoms with Crippen LogP contribution in [-0.2, 0) is 11.2 Å². The molecule has 2 fully saturated rings. The number of benzene rings is 1. The molecule has 9 nitrogen and oxygen atoms in total. The Kier molecular flexibility index (Phi) is 5.94. The van der Waals surface area contributed by atoms with Crippen molar-refractivity contribution in [3.63, 3.8) is 0 Å². The minimum atomic E-state index is -0.536. The first-order valence-corrected chi connectivity index (χ1v) is 12.2. The van der Waals surface area contributed by atoms with Crippen LogP contribution < -0.4 is 10.6 Å². The third-order valence-electron chi connectivity index (χ3n) is 6.80. The molecule has 1 saturated heterocycles. The Hall–Kier alpha value is -3.88. The average Bonchev–Trinajstić information content (AvgIpc) is 3.21. The highest BCUT2D eigenvalue weighted by Gasteiger charge is 2.58. The predicted octanol–water partition coefficient (Wildman–Crippen LogP) is 3.11.